The normalized spacial score (nSPS) is 15.2. The number of alkyl halides is 3. The maximum Gasteiger partial charge on any atom is 0.435 e. The quantitative estimate of drug-likeness (QED) is 0.561. The monoisotopic (exact) mass is 539 g/mol. The molecule has 0 spiro atoms. The molecular weight excluding hydrogens is 509 g/mol. The Balaban J connectivity index is 2.22. The maximum absolute atomic E-state index is 13.2. The summed E-state index contributed by atoms with van der Waals surface area (Å²) in [4.78, 5) is 25.5. The average Bonchev–Trinajstić information content (AvgIpc) is 3.25. The van der Waals surface area contributed by atoms with Crippen LogP contribution in [0.2, 0.25) is 0 Å². The zero-order valence-corrected chi connectivity index (χ0v) is 20.3. The highest BCUT2D eigenvalue weighted by atomic mass is 79.9. The molecule has 2 aromatic heterocycles. The summed E-state index contributed by atoms with van der Waals surface area (Å²) in [6, 6.07) is -0.381. The average molecular weight is 540 g/mol. The van der Waals surface area contributed by atoms with E-state index >= 15 is 0 Å². The number of amides is 2. The van der Waals surface area contributed by atoms with Gasteiger partial charge >= 0.3 is 12.3 Å². The minimum Gasteiger partial charge on any atom is -0.444 e. The van der Waals surface area contributed by atoms with Gasteiger partial charge in [-0.3, -0.25) is 14.2 Å². The molecule has 0 bridgehead atoms. The van der Waals surface area contributed by atoms with Gasteiger partial charge in [0.2, 0.25) is 5.91 Å². The number of hydrogen-bond donors (Lipinski definition) is 2. The van der Waals surface area contributed by atoms with Gasteiger partial charge in [0.25, 0.3) is 0 Å². The van der Waals surface area contributed by atoms with Gasteiger partial charge in [-0.25, -0.2) is 4.79 Å². The lowest BCUT2D eigenvalue weighted by atomic mass is 10.0. The molecular formula is C20H28BrF3N6O3. The summed E-state index contributed by atoms with van der Waals surface area (Å²) in [5.74, 6) is -0.674. The lowest BCUT2D eigenvalue weighted by Gasteiger charge is -2.30. The number of ether oxygens (including phenoxy) is 1. The van der Waals surface area contributed by atoms with E-state index in [-0.39, 0.29) is 17.6 Å². The zero-order valence-electron chi connectivity index (χ0n) is 21.7. The van der Waals surface area contributed by atoms with Crippen molar-refractivity contribution >= 4 is 27.9 Å². The Kier molecular flexibility index (Phi) is 6.56. The van der Waals surface area contributed by atoms with Crippen molar-refractivity contribution in [3.05, 3.63) is 34.3 Å². The molecule has 2 rings (SSSR count). The molecule has 0 radical (unpaired) electrons. The summed E-state index contributed by atoms with van der Waals surface area (Å²) >= 11 is 3.04. The molecule has 0 aliphatic rings. The Morgan fingerprint density at radius 1 is 1.27 bits per heavy atom. The Morgan fingerprint density at radius 2 is 1.94 bits per heavy atom. The van der Waals surface area contributed by atoms with Crippen LogP contribution in [-0.2, 0) is 35.6 Å². The highest BCUT2D eigenvalue weighted by Gasteiger charge is 2.36. The summed E-state index contributed by atoms with van der Waals surface area (Å²) in [7, 11) is 0. The van der Waals surface area contributed by atoms with Gasteiger partial charge in [-0.1, -0.05) is 0 Å². The van der Waals surface area contributed by atoms with E-state index in [9.17, 15) is 22.8 Å². The molecule has 1 atom stereocenters. The van der Waals surface area contributed by atoms with Crippen LogP contribution < -0.4 is 10.6 Å². The molecule has 0 aliphatic carbocycles. The maximum atomic E-state index is 13.2. The molecule has 0 fully saturated rings. The number of hydrogen-bond acceptors (Lipinski definition) is 5. The SMILES string of the molecule is [2H]C([2H])([2H])n1cc(C[C@@H](NC(=O)OC(C)(C)C)C(=O)NC(C)(C)Cn2nc(C(F)(F)F)cc2Br)cn1. The molecule has 13 heteroatoms. The largest absolute Gasteiger partial charge is 0.444 e. The van der Waals surface area contributed by atoms with Crippen molar-refractivity contribution in [3.8, 4) is 0 Å². The number of halogens is 4. The fraction of sp³-hybridized carbons (Fsp3) is 0.600. The third kappa shape index (κ3) is 8.37. The van der Waals surface area contributed by atoms with Crippen molar-refractivity contribution in [3.63, 3.8) is 0 Å². The van der Waals surface area contributed by atoms with Crippen molar-refractivity contribution in [2.45, 2.75) is 70.9 Å². The molecule has 0 saturated heterocycles. The number of alkyl carbamates (subject to hydrolysis) is 1. The van der Waals surface area contributed by atoms with Crippen molar-refractivity contribution in [2.75, 3.05) is 0 Å². The highest BCUT2D eigenvalue weighted by Crippen LogP contribution is 2.30. The van der Waals surface area contributed by atoms with Gasteiger partial charge in [0.1, 0.15) is 16.2 Å². The van der Waals surface area contributed by atoms with E-state index in [4.69, 9.17) is 8.85 Å². The van der Waals surface area contributed by atoms with Crippen molar-refractivity contribution in [1.29, 1.82) is 0 Å². The number of nitrogens with one attached hydrogen (secondary N) is 2. The summed E-state index contributed by atoms with van der Waals surface area (Å²) in [5.41, 5.74) is -2.69. The van der Waals surface area contributed by atoms with Gasteiger partial charge in [-0.05, 0) is 56.1 Å². The van der Waals surface area contributed by atoms with Gasteiger partial charge in [-0.15, -0.1) is 0 Å². The summed E-state index contributed by atoms with van der Waals surface area (Å²) in [6.45, 7) is 5.41. The molecule has 33 heavy (non-hydrogen) atoms. The number of aromatic nitrogens is 4. The van der Waals surface area contributed by atoms with E-state index < -0.39 is 48.0 Å². The van der Waals surface area contributed by atoms with Crippen LogP contribution in [0.4, 0.5) is 18.0 Å². The lowest BCUT2D eigenvalue weighted by Crippen LogP contribution is -2.55. The van der Waals surface area contributed by atoms with Crippen LogP contribution >= 0.6 is 15.9 Å². The minimum atomic E-state index is -4.64. The van der Waals surface area contributed by atoms with E-state index in [0.29, 0.717) is 5.56 Å². The summed E-state index contributed by atoms with van der Waals surface area (Å²) < 4.78 is 68.4. The molecule has 0 saturated carbocycles. The second-order valence-electron chi connectivity index (χ2n) is 9.08. The second-order valence-corrected chi connectivity index (χ2v) is 9.89. The molecule has 2 N–H and O–H groups in total. The fourth-order valence-electron chi connectivity index (χ4n) is 2.84. The Morgan fingerprint density at radius 3 is 2.45 bits per heavy atom. The van der Waals surface area contributed by atoms with Crippen LogP contribution in [0, 0.1) is 0 Å². The highest BCUT2D eigenvalue weighted by molar-refractivity contribution is 9.10. The smallest absolute Gasteiger partial charge is 0.435 e. The molecule has 0 aliphatic heterocycles. The van der Waals surface area contributed by atoms with Gasteiger partial charge in [0, 0.05) is 29.8 Å². The molecule has 2 aromatic rings. The Hall–Kier alpha value is -2.57. The number of carbonyl (C=O) groups excluding carboxylic acids is 2. The van der Waals surface area contributed by atoms with Crippen LogP contribution in [0.5, 0.6) is 0 Å². The topological polar surface area (TPSA) is 103 Å². The number of aryl methyl sites for hydroxylation is 1. The van der Waals surface area contributed by atoms with Gasteiger partial charge in [-0.2, -0.15) is 23.4 Å². The van der Waals surface area contributed by atoms with Gasteiger partial charge in [0.05, 0.1) is 18.3 Å². The third-order valence-corrected chi connectivity index (χ3v) is 4.75. The Labute approximate surface area is 202 Å². The third-order valence-electron chi connectivity index (χ3n) is 4.11. The van der Waals surface area contributed by atoms with Gasteiger partial charge in [0.15, 0.2) is 5.69 Å². The summed E-state index contributed by atoms with van der Waals surface area (Å²) in [5, 5.41) is 12.5. The van der Waals surface area contributed by atoms with E-state index in [0.717, 1.165) is 15.4 Å². The first-order valence-electron chi connectivity index (χ1n) is 11.3. The molecule has 0 unspecified atom stereocenters. The van der Waals surface area contributed by atoms with Crippen LogP contribution in [0.1, 0.15) is 50.0 Å². The van der Waals surface area contributed by atoms with E-state index in [1.165, 1.54) is 12.4 Å². The first-order chi connectivity index (χ1) is 16.2. The number of rotatable bonds is 7. The molecule has 0 aromatic carbocycles. The summed E-state index contributed by atoms with van der Waals surface area (Å²) in [6.07, 6.45) is -3.15. The number of nitrogens with zero attached hydrogens (tertiary/aromatic N) is 4. The first kappa shape index (κ1) is 22.2. The van der Waals surface area contributed by atoms with Gasteiger partial charge < -0.3 is 15.4 Å². The minimum absolute atomic E-state index is 0.0673. The fourth-order valence-corrected chi connectivity index (χ4v) is 3.26. The van der Waals surface area contributed by atoms with Crippen LogP contribution in [0.25, 0.3) is 0 Å². The van der Waals surface area contributed by atoms with Crippen LogP contribution in [0.15, 0.2) is 23.1 Å². The molecule has 9 nitrogen and oxygen atoms in total. The van der Waals surface area contributed by atoms with Crippen molar-refractivity contribution in [1.82, 2.24) is 30.2 Å². The zero-order chi connectivity index (χ0) is 27.7. The predicted molar refractivity (Wildman–Crippen MR) is 117 cm³/mol. The first-order valence-corrected chi connectivity index (χ1v) is 10.6. The van der Waals surface area contributed by atoms with Crippen molar-refractivity contribution in [2.24, 2.45) is 6.98 Å². The van der Waals surface area contributed by atoms with Crippen molar-refractivity contribution < 1.29 is 31.6 Å². The molecule has 184 valence electrons. The standard InChI is InChI=1S/C20H28BrF3N6O3/c1-18(2,3)33-17(32)26-13(7-12-9-25-29(6)10-12)16(31)27-19(4,5)11-30-15(21)8-14(28-30)20(22,23)24/h8-10,13H,7,11H2,1-6H3,(H,26,32)(H,27,31)/t13-/m1/s1/i6D3. The molecule has 2 amide bonds. The second kappa shape index (κ2) is 9.74. The predicted octanol–water partition coefficient (Wildman–Crippen LogP) is 3.43. The number of carbonyl (C=O) groups is 2. The molecule has 2 heterocycles. The lowest BCUT2D eigenvalue weighted by molar-refractivity contribution is -0.141. The van der Waals surface area contributed by atoms with E-state index in [1.54, 1.807) is 34.6 Å². The van der Waals surface area contributed by atoms with E-state index in [1.807, 2.05) is 0 Å². The van der Waals surface area contributed by atoms with Crippen LogP contribution in [0.3, 0.4) is 0 Å². The Bertz CT molecular complexity index is 1090. The van der Waals surface area contributed by atoms with E-state index in [2.05, 4.69) is 36.8 Å². The van der Waals surface area contributed by atoms with Crippen LogP contribution in [-0.4, -0.2) is 48.7 Å².